The second-order valence-corrected chi connectivity index (χ2v) is 15.3. The monoisotopic (exact) mass is 737 g/mol. The lowest BCUT2D eigenvalue weighted by molar-refractivity contribution is 1.08. The van der Waals surface area contributed by atoms with Gasteiger partial charge in [-0.3, -0.25) is 0 Å². The zero-order valence-electron chi connectivity index (χ0n) is 31.1. The van der Waals surface area contributed by atoms with E-state index < -0.39 is 0 Å². The van der Waals surface area contributed by atoms with Crippen LogP contribution in [0.15, 0.2) is 182 Å². The molecular formula is C53H31N5. The molecule has 0 fully saturated rings. The van der Waals surface area contributed by atoms with Gasteiger partial charge in [0.15, 0.2) is 17.5 Å². The summed E-state index contributed by atoms with van der Waals surface area (Å²) in [5.74, 6) is 1.95. The molecule has 268 valence electrons. The summed E-state index contributed by atoms with van der Waals surface area (Å²) in [6.07, 6.45) is 0. The first-order valence-corrected chi connectivity index (χ1v) is 19.7. The van der Waals surface area contributed by atoms with E-state index in [9.17, 15) is 0 Å². The van der Waals surface area contributed by atoms with Crippen molar-refractivity contribution in [2.24, 2.45) is 0 Å². The molecule has 5 heteroatoms. The number of benzene rings is 9. The average Bonchev–Trinajstić information content (AvgIpc) is 3.95. The highest BCUT2D eigenvalue weighted by atomic mass is 15.0. The lowest BCUT2D eigenvalue weighted by Crippen LogP contribution is -2.00. The van der Waals surface area contributed by atoms with Crippen LogP contribution in [0.25, 0.3) is 127 Å². The topological polar surface area (TPSA) is 58.9 Å². The van der Waals surface area contributed by atoms with Crippen molar-refractivity contribution in [1.82, 2.24) is 24.3 Å². The predicted molar refractivity (Wildman–Crippen MR) is 241 cm³/mol. The molecule has 0 saturated heterocycles. The zero-order chi connectivity index (χ0) is 37.9. The van der Waals surface area contributed by atoms with Gasteiger partial charge >= 0.3 is 0 Å². The highest BCUT2D eigenvalue weighted by Crippen LogP contribution is 2.43. The number of hydrogen-bond acceptors (Lipinski definition) is 3. The van der Waals surface area contributed by atoms with Crippen molar-refractivity contribution in [3.63, 3.8) is 0 Å². The van der Waals surface area contributed by atoms with Crippen LogP contribution in [-0.4, -0.2) is 24.3 Å². The average molecular weight is 738 g/mol. The molecule has 0 amide bonds. The van der Waals surface area contributed by atoms with Gasteiger partial charge in [0.2, 0.25) is 0 Å². The molecule has 0 unspecified atom stereocenters. The maximum atomic E-state index is 5.08. The molecule has 0 bridgehead atoms. The Morgan fingerprint density at radius 3 is 1.88 bits per heavy atom. The highest BCUT2D eigenvalue weighted by Gasteiger charge is 2.20. The van der Waals surface area contributed by atoms with Gasteiger partial charge in [-0.1, -0.05) is 146 Å². The quantitative estimate of drug-likeness (QED) is 0.196. The predicted octanol–water partition coefficient (Wildman–Crippen LogP) is 13.6. The molecule has 13 aromatic rings. The Labute approximate surface area is 331 Å². The second-order valence-electron chi connectivity index (χ2n) is 15.3. The van der Waals surface area contributed by atoms with E-state index in [1.165, 1.54) is 59.6 Å². The molecule has 1 N–H and O–H groups in total. The van der Waals surface area contributed by atoms with Crippen molar-refractivity contribution < 1.29 is 0 Å². The lowest BCUT2D eigenvalue weighted by Gasteiger charge is -2.11. The number of fused-ring (bicyclic) bond motifs is 12. The van der Waals surface area contributed by atoms with Crippen LogP contribution >= 0.6 is 0 Å². The van der Waals surface area contributed by atoms with E-state index in [2.05, 4.69) is 161 Å². The van der Waals surface area contributed by atoms with Crippen LogP contribution in [0.5, 0.6) is 0 Å². The van der Waals surface area contributed by atoms with Crippen molar-refractivity contribution in [3.8, 4) is 45.3 Å². The highest BCUT2D eigenvalue weighted by molar-refractivity contribution is 6.30. The summed E-state index contributed by atoms with van der Waals surface area (Å²) in [5.41, 5.74) is 11.2. The van der Waals surface area contributed by atoms with Gasteiger partial charge in [-0.15, -0.1) is 0 Å². The van der Waals surface area contributed by atoms with Crippen molar-refractivity contribution in [2.75, 3.05) is 0 Å². The molecule has 0 radical (unpaired) electrons. The van der Waals surface area contributed by atoms with Gasteiger partial charge in [0.25, 0.3) is 0 Å². The van der Waals surface area contributed by atoms with Gasteiger partial charge < -0.3 is 9.38 Å². The molecule has 0 aliphatic carbocycles. The Morgan fingerprint density at radius 2 is 1.00 bits per heavy atom. The summed E-state index contributed by atoms with van der Waals surface area (Å²) in [7, 11) is 0. The largest absolute Gasteiger partial charge is 0.354 e. The van der Waals surface area contributed by atoms with E-state index in [1.807, 2.05) is 30.3 Å². The van der Waals surface area contributed by atoms with Crippen LogP contribution in [0, 0.1) is 0 Å². The normalized spacial score (nSPS) is 12.1. The molecule has 5 nitrogen and oxygen atoms in total. The Bertz CT molecular complexity index is 3780. The Hall–Kier alpha value is -7.89. The Morgan fingerprint density at radius 1 is 0.345 bits per heavy atom. The SMILES string of the molecule is c1ccc(-c2nc(-c3ccc(-c4ccc5[nH]c6cc7ccc8c(c7cc6c5c4)c4cccc5c6ccccc6n8c54)cc3)nc(-c3cccc4ccccc34)n2)cc1. The zero-order valence-corrected chi connectivity index (χ0v) is 31.1. The van der Waals surface area contributed by atoms with Gasteiger partial charge in [0.1, 0.15) is 0 Å². The molecule has 13 rings (SSSR count). The van der Waals surface area contributed by atoms with Gasteiger partial charge in [-0.25, -0.2) is 15.0 Å². The third kappa shape index (κ3) is 4.50. The van der Waals surface area contributed by atoms with E-state index in [1.54, 1.807) is 0 Å². The fourth-order valence-corrected chi connectivity index (χ4v) is 9.40. The molecule has 0 saturated carbocycles. The van der Waals surface area contributed by atoms with Crippen LogP contribution in [0.2, 0.25) is 0 Å². The van der Waals surface area contributed by atoms with E-state index in [0.29, 0.717) is 17.5 Å². The van der Waals surface area contributed by atoms with E-state index in [-0.39, 0.29) is 0 Å². The minimum atomic E-state index is 0.644. The van der Waals surface area contributed by atoms with Gasteiger partial charge in [0, 0.05) is 60.0 Å². The number of aromatic amines is 1. The van der Waals surface area contributed by atoms with Crippen molar-refractivity contribution in [2.45, 2.75) is 0 Å². The van der Waals surface area contributed by atoms with Gasteiger partial charge in [-0.05, 0) is 69.1 Å². The molecular weight excluding hydrogens is 707 g/mol. The molecule has 0 aliphatic rings. The standard InChI is InChI=1S/C53H31N5/c1-2-11-33(12-3-1)51-55-52(57-53(56-51)40-17-8-13-32-10-4-5-14-37(32)40)34-22-20-31(21-23-34)35-24-26-45-43(28-35)44-30-42-36(29-46(44)54-45)25-27-48-49(42)41-18-9-16-39-38-15-6-7-19-47(38)58(48)50(39)41/h1-30,54H. The summed E-state index contributed by atoms with van der Waals surface area (Å²) in [6, 6.07) is 65.0. The molecule has 9 aromatic carbocycles. The van der Waals surface area contributed by atoms with Crippen LogP contribution in [0.1, 0.15) is 0 Å². The minimum absolute atomic E-state index is 0.644. The number of nitrogens with one attached hydrogen (secondary N) is 1. The smallest absolute Gasteiger partial charge is 0.164 e. The summed E-state index contributed by atoms with van der Waals surface area (Å²) >= 11 is 0. The summed E-state index contributed by atoms with van der Waals surface area (Å²) < 4.78 is 2.46. The molecule has 4 aromatic heterocycles. The molecule has 0 aliphatic heterocycles. The van der Waals surface area contributed by atoms with E-state index >= 15 is 0 Å². The first-order chi connectivity index (χ1) is 28.7. The summed E-state index contributed by atoms with van der Waals surface area (Å²) in [6.45, 7) is 0. The van der Waals surface area contributed by atoms with Crippen LogP contribution in [0.4, 0.5) is 0 Å². The Balaban J connectivity index is 0.936. The fraction of sp³-hybridized carbons (Fsp3) is 0. The summed E-state index contributed by atoms with van der Waals surface area (Å²) in [5, 5.41) is 12.4. The maximum Gasteiger partial charge on any atom is 0.164 e. The molecule has 4 heterocycles. The molecule has 0 spiro atoms. The molecule has 58 heavy (non-hydrogen) atoms. The number of hydrogen-bond donors (Lipinski definition) is 1. The van der Waals surface area contributed by atoms with E-state index in [0.717, 1.165) is 49.6 Å². The van der Waals surface area contributed by atoms with Crippen LogP contribution in [0.3, 0.4) is 0 Å². The lowest BCUT2D eigenvalue weighted by atomic mass is 9.98. The number of nitrogens with zero attached hydrogens (tertiary/aromatic N) is 4. The maximum absolute atomic E-state index is 5.08. The second kappa shape index (κ2) is 11.8. The molecule has 0 atom stereocenters. The number of rotatable bonds is 4. The number of para-hydroxylation sites is 2. The third-order valence-corrected chi connectivity index (χ3v) is 12.1. The van der Waals surface area contributed by atoms with E-state index in [4.69, 9.17) is 15.0 Å². The number of H-pyrrole nitrogens is 1. The Kier molecular flexibility index (Phi) is 6.38. The third-order valence-electron chi connectivity index (χ3n) is 12.1. The van der Waals surface area contributed by atoms with Gasteiger partial charge in [0.05, 0.1) is 16.6 Å². The van der Waals surface area contributed by atoms with Crippen molar-refractivity contribution in [3.05, 3.63) is 182 Å². The van der Waals surface area contributed by atoms with Crippen molar-refractivity contribution >= 4 is 81.4 Å². The first-order valence-electron chi connectivity index (χ1n) is 19.7. The minimum Gasteiger partial charge on any atom is -0.354 e. The fourth-order valence-electron chi connectivity index (χ4n) is 9.40. The van der Waals surface area contributed by atoms with Crippen LogP contribution < -0.4 is 0 Å². The van der Waals surface area contributed by atoms with Gasteiger partial charge in [-0.2, -0.15) is 0 Å². The summed E-state index contributed by atoms with van der Waals surface area (Å²) in [4.78, 5) is 18.8. The number of aromatic nitrogens is 5. The first kappa shape index (κ1) is 31.3. The van der Waals surface area contributed by atoms with Crippen LogP contribution in [-0.2, 0) is 0 Å². The van der Waals surface area contributed by atoms with Crippen molar-refractivity contribution in [1.29, 1.82) is 0 Å².